The molecule has 1 N–H and O–H groups in total. The van der Waals surface area contributed by atoms with E-state index < -0.39 is 5.60 Å². The van der Waals surface area contributed by atoms with Gasteiger partial charge in [-0.1, -0.05) is 18.2 Å². The molecule has 0 spiro atoms. The van der Waals surface area contributed by atoms with E-state index in [9.17, 15) is 9.59 Å². The number of ether oxygens (including phenoxy) is 4. The van der Waals surface area contributed by atoms with E-state index in [-0.39, 0.29) is 29.9 Å². The predicted octanol–water partition coefficient (Wildman–Crippen LogP) is 5.56. The summed E-state index contributed by atoms with van der Waals surface area (Å²) in [6, 6.07) is 15.3. The number of benzene rings is 2. The molecule has 1 aliphatic heterocycles. The van der Waals surface area contributed by atoms with Crippen molar-refractivity contribution in [3.8, 4) is 11.5 Å². The van der Waals surface area contributed by atoms with E-state index in [1.54, 1.807) is 37.3 Å². The Morgan fingerprint density at radius 3 is 2.34 bits per heavy atom. The van der Waals surface area contributed by atoms with E-state index in [0.29, 0.717) is 56.5 Å². The van der Waals surface area contributed by atoms with E-state index >= 15 is 0 Å². The number of methoxy groups -OCH3 is 2. The van der Waals surface area contributed by atoms with Crippen molar-refractivity contribution >= 4 is 17.7 Å². The van der Waals surface area contributed by atoms with E-state index in [1.807, 2.05) is 69.9 Å². The molecular weight excluding hydrogens is 522 g/mol. The minimum Gasteiger partial charge on any atom is -0.493 e. The van der Waals surface area contributed by atoms with Crippen molar-refractivity contribution in [2.75, 3.05) is 58.9 Å². The van der Waals surface area contributed by atoms with E-state index in [1.165, 1.54) is 0 Å². The van der Waals surface area contributed by atoms with Crippen molar-refractivity contribution in [2.24, 2.45) is 11.8 Å². The molecule has 2 unspecified atom stereocenters. The third kappa shape index (κ3) is 9.56. The highest BCUT2D eigenvalue weighted by molar-refractivity contribution is 5.95. The van der Waals surface area contributed by atoms with E-state index in [4.69, 9.17) is 18.9 Å². The van der Waals surface area contributed by atoms with Crippen molar-refractivity contribution in [3.05, 3.63) is 54.1 Å². The van der Waals surface area contributed by atoms with Crippen LogP contribution in [0.25, 0.3) is 0 Å². The van der Waals surface area contributed by atoms with Gasteiger partial charge in [0.15, 0.2) is 11.5 Å². The van der Waals surface area contributed by atoms with Crippen LogP contribution in [0.3, 0.4) is 0 Å². The highest BCUT2D eigenvalue weighted by Crippen LogP contribution is 2.31. The molecular formula is C32H47N3O6. The first kappa shape index (κ1) is 32.1. The van der Waals surface area contributed by atoms with Gasteiger partial charge < -0.3 is 34.1 Å². The molecule has 0 aliphatic carbocycles. The molecule has 1 saturated heterocycles. The van der Waals surface area contributed by atoms with E-state index in [2.05, 4.69) is 5.32 Å². The third-order valence-corrected chi connectivity index (χ3v) is 7.05. The quantitative estimate of drug-likeness (QED) is 0.316. The van der Waals surface area contributed by atoms with Crippen LogP contribution in [0.5, 0.6) is 11.5 Å². The Labute approximate surface area is 245 Å². The molecule has 2 atom stereocenters. The summed E-state index contributed by atoms with van der Waals surface area (Å²) in [7, 11) is 3.24. The number of hydrogen-bond acceptors (Lipinski definition) is 7. The van der Waals surface area contributed by atoms with Crippen molar-refractivity contribution in [1.29, 1.82) is 0 Å². The van der Waals surface area contributed by atoms with Crippen LogP contribution in [0.4, 0.5) is 10.5 Å². The fourth-order valence-electron chi connectivity index (χ4n) is 4.91. The summed E-state index contributed by atoms with van der Waals surface area (Å²) in [6.07, 6.45) is 0.405. The van der Waals surface area contributed by atoms with Crippen LogP contribution in [0, 0.1) is 11.8 Å². The van der Waals surface area contributed by atoms with Crippen molar-refractivity contribution in [1.82, 2.24) is 9.80 Å². The Balaban J connectivity index is 1.79. The number of likely N-dealkylation sites (tertiary alicyclic amines) is 1. The average molecular weight is 570 g/mol. The second-order valence-corrected chi connectivity index (χ2v) is 11.8. The lowest BCUT2D eigenvalue weighted by Crippen LogP contribution is -2.43. The maximum Gasteiger partial charge on any atom is 0.410 e. The molecule has 1 fully saturated rings. The summed E-state index contributed by atoms with van der Waals surface area (Å²) >= 11 is 0. The molecule has 226 valence electrons. The van der Waals surface area contributed by atoms with Crippen LogP contribution >= 0.6 is 0 Å². The number of rotatable bonds is 13. The fourth-order valence-corrected chi connectivity index (χ4v) is 4.91. The summed E-state index contributed by atoms with van der Waals surface area (Å²) in [4.78, 5) is 30.5. The lowest BCUT2D eigenvalue weighted by molar-refractivity contribution is 0.0282. The van der Waals surface area contributed by atoms with Gasteiger partial charge in [-0.2, -0.15) is 0 Å². The number of para-hydroxylation sites is 1. The lowest BCUT2D eigenvalue weighted by Gasteiger charge is -2.32. The first-order valence-electron chi connectivity index (χ1n) is 14.4. The van der Waals surface area contributed by atoms with Gasteiger partial charge in [-0.25, -0.2) is 4.79 Å². The Morgan fingerprint density at radius 1 is 1.00 bits per heavy atom. The maximum absolute atomic E-state index is 13.9. The van der Waals surface area contributed by atoms with Gasteiger partial charge in [0.1, 0.15) is 5.60 Å². The second-order valence-electron chi connectivity index (χ2n) is 11.8. The van der Waals surface area contributed by atoms with E-state index in [0.717, 1.165) is 12.1 Å². The molecule has 0 radical (unpaired) electrons. The monoisotopic (exact) mass is 569 g/mol. The zero-order chi connectivity index (χ0) is 30.0. The van der Waals surface area contributed by atoms with Gasteiger partial charge in [-0.05, 0) is 65.0 Å². The summed E-state index contributed by atoms with van der Waals surface area (Å²) in [6.45, 7) is 12.9. The summed E-state index contributed by atoms with van der Waals surface area (Å²) < 4.78 is 22.2. The van der Waals surface area contributed by atoms with Crippen LogP contribution < -0.4 is 14.8 Å². The minimum atomic E-state index is -0.579. The zero-order valence-electron chi connectivity index (χ0n) is 25.6. The molecule has 1 heterocycles. The Bertz CT molecular complexity index is 1120. The summed E-state index contributed by atoms with van der Waals surface area (Å²) in [5.74, 6) is 1.21. The van der Waals surface area contributed by atoms with Crippen LogP contribution in [-0.2, 0) is 9.47 Å². The fraction of sp³-hybridized carbons (Fsp3) is 0.562. The SMILES string of the molecule is COCCCOc1cc(C(=O)N(CC2CN(C(=O)OC(C)(C)C)CC2CNc2ccccc2)C(C)C)ccc1OC. The van der Waals surface area contributed by atoms with Crippen LogP contribution in [0.1, 0.15) is 51.4 Å². The number of nitrogens with zero attached hydrogens (tertiary/aromatic N) is 2. The number of anilines is 1. The number of carbonyl (C=O) groups excluding carboxylic acids is 2. The van der Waals surface area contributed by atoms with Gasteiger partial charge in [0.25, 0.3) is 5.91 Å². The Morgan fingerprint density at radius 2 is 1.71 bits per heavy atom. The maximum atomic E-state index is 13.9. The molecule has 9 heteroatoms. The van der Waals surface area contributed by atoms with Crippen molar-refractivity contribution < 1.29 is 28.5 Å². The first-order chi connectivity index (χ1) is 19.5. The predicted molar refractivity (Wildman–Crippen MR) is 161 cm³/mol. The van der Waals surface area contributed by atoms with Gasteiger partial charge in [0.2, 0.25) is 0 Å². The molecule has 0 bridgehead atoms. The zero-order valence-corrected chi connectivity index (χ0v) is 25.6. The molecule has 0 saturated carbocycles. The Hall–Kier alpha value is -3.46. The topological polar surface area (TPSA) is 89.6 Å². The molecule has 0 aromatic heterocycles. The lowest BCUT2D eigenvalue weighted by atomic mass is 9.94. The molecule has 9 nitrogen and oxygen atoms in total. The van der Waals surface area contributed by atoms with Crippen molar-refractivity contribution in [2.45, 2.75) is 52.7 Å². The molecule has 3 rings (SSSR count). The number of amides is 2. The van der Waals surface area contributed by atoms with Crippen molar-refractivity contribution in [3.63, 3.8) is 0 Å². The molecule has 2 aromatic rings. The van der Waals surface area contributed by atoms with Gasteiger partial charge in [0.05, 0.1) is 13.7 Å². The van der Waals surface area contributed by atoms with Gasteiger partial charge in [-0.3, -0.25) is 4.79 Å². The van der Waals surface area contributed by atoms with Crippen LogP contribution in [0.15, 0.2) is 48.5 Å². The number of carbonyl (C=O) groups is 2. The normalized spacial score (nSPS) is 16.9. The minimum absolute atomic E-state index is 0.0472. The largest absolute Gasteiger partial charge is 0.493 e. The summed E-state index contributed by atoms with van der Waals surface area (Å²) in [5.41, 5.74) is 0.974. The average Bonchev–Trinajstić information content (AvgIpc) is 3.35. The highest BCUT2D eigenvalue weighted by atomic mass is 16.6. The molecule has 1 aliphatic rings. The van der Waals surface area contributed by atoms with Gasteiger partial charge >= 0.3 is 6.09 Å². The second kappa shape index (κ2) is 15.0. The smallest absolute Gasteiger partial charge is 0.410 e. The molecule has 2 aromatic carbocycles. The third-order valence-electron chi connectivity index (χ3n) is 7.05. The van der Waals surface area contributed by atoms with Crippen LogP contribution in [0.2, 0.25) is 0 Å². The first-order valence-corrected chi connectivity index (χ1v) is 14.4. The number of nitrogens with one attached hydrogen (secondary N) is 1. The Kier molecular flexibility index (Phi) is 11.7. The molecule has 41 heavy (non-hydrogen) atoms. The summed E-state index contributed by atoms with van der Waals surface area (Å²) in [5, 5.41) is 3.51. The van der Waals surface area contributed by atoms with Gasteiger partial charge in [-0.15, -0.1) is 0 Å². The molecule has 2 amide bonds. The van der Waals surface area contributed by atoms with Gasteiger partial charge in [0, 0.05) is 75.4 Å². The standard InChI is InChI=1S/C32H47N3O6/c1-23(2)35(30(36)24-14-15-28(39-7)29(18-24)40-17-11-16-38-6)22-26-21-34(31(37)41-32(3,4)5)20-25(26)19-33-27-12-9-8-10-13-27/h8-10,12-15,18,23,25-26,33H,11,16-17,19-22H2,1-7H3. The number of hydrogen-bond donors (Lipinski definition) is 1. The van der Waals surface area contributed by atoms with Crippen LogP contribution in [-0.4, -0.2) is 87.1 Å². The highest BCUT2D eigenvalue weighted by Gasteiger charge is 2.39.